The van der Waals surface area contributed by atoms with Gasteiger partial charge in [0.25, 0.3) is 5.91 Å². The minimum Gasteiger partial charge on any atom is -0.352 e. The van der Waals surface area contributed by atoms with E-state index in [1.165, 1.54) is 0 Å². The lowest BCUT2D eigenvalue weighted by Crippen LogP contribution is -2.23. The Kier molecular flexibility index (Phi) is 4.50. The third-order valence-electron chi connectivity index (χ3n) is 2.60. The average Bonchev–Trinajstić information content (AvgIpc) is 2.46. The summed E-state index contributed by atoms with van der Waals surface area (Å²) in [5.41, 5.74) is 1.50. The molecule has 1 aromatic carbocycles. The minimum atomic E-state index is -0.0495. The van der Waals surface area contributed by atoms with Crippen molar-refractivity contribution >= 4 is 17.4 Å². The van der Waals surface area contributed by atoms with E-state index in [1.54, 1.807) is 12.3 Å². The van der Waals surface area contributed by atoms with Gasteiger partial charge in [-0.25, -0.2) is 4.98 Å². The molecule has 2 rings (SSSR count). The zero-order valence-electron chi connectivity index (χ0n) is 10.9. The molecule has 0 saturated heterocycles. The minimum absolute atomic E-state index is 0.0495. The molecule has 0 aliphatic carbocycles. The first-order chi connectivity index (χ1) is 9.29. The summed E-state index contributed by atoms with van der Waals surface area (Å²) in [6.45, 7) is 2.72. The van der Waals surface area contributed by atoms with E-state index >= 15 is 0 Å². The van der Waals surface area contributed by atoms with Gasteiger partial charge in [-0.3, -0.25) is 4.79 Å². The van der Waals surface area contributed by atoms with Crippen LogP contribution in [0.4, 0.5) is 11.5 Å². The van der Waals surface area contributed by atoms with Gasteiger partial charge in [0.15, 0.2) is 0 Å². The van der Waals surface area contributed by atoms with Crippen molar-refractivity contribution in [3.8, 4) is 0 Å². The van der Waals surface area contributed by atoms with Gasteiger partial charge in [-0.05, 0) is 36.8 Å². The number of anilines is 2. The number of hydrogen-bond donors (Lipinski definition) is 2. The fraction of sp³-hybridized carbons (Fsp3) is 0.200. The Balaban J connectivity index is 2.09. The summed E-state index contributed by atoms with van der Waals surface area (Å²) in [5.74, 6) is 0.708. The second-order valence-corrected chi connectivity index (χ2v) is 4.18. The van der Waals surface area contributed by atoms with Gasteiger partial charge in [0.2, 0.25) is 0 Å². The summed E-state index contributed by atoms with van der Waals surface area (Å²) >= 11 is 0. The molecule has 0 atom stereocenters. The molecule has 1 aromatic heterocycles. The molecular formula is C15H17N3O. The van der Waals surface area contributed by atoms with Crippen LogP contribution >= 0.6 is 0 Å². The van der Waals surface area contributed by atoms with Crippen LogP contribution in [0.5, 0.6) is 0 Å². The van der Waals surface area contributed by atoms with Gasteiger partial charge in [0.05, 0.1) is 0 Å². The lowest BCUT2D eigenvalue weighted by molar-refractivity contribution is 0.0953. The van der Waals surface area contributed by atoms with Gasteiger partial charge < -0.3 is 10.6 Å². The van der Waals surface area contributed by atoms with Crippen LogP contribution in [0.25, 0.3) is 0 Å². The average molecular weight is 255 g/mol. The van der Waals surface area contributed by atoms with Crippen molar-refractivity contribution in [3.05, 3.63) is 54.2 Å². The summed E-state index contributed by atoms with van der Waals surface area (Å²) in [6, 6.07) is 13.0. The van der Waals surface area contributed by atoms with Crippen LogP contribution in [0.1, 0.15) is 23.7 Å². The Bertz CT molecular complexity index is 540. The molecule has 0 fully saturated rings. The maximum absolute atomic E-state index is 11.9. The van der Waals surface area contributed by atoms with E-state index in [0.717, 1.165) is 17.9 Å². The fourth-order valence-corrected chi connectivity index (χ4v) is 1.66. The molecular weight excluding hydrogens is 238 g/mol. The van der Waals surface area contributed by atoms with E-state index < -0.39 is 0 Å². The van der Waals surface area contributed by atoms with Gasteiger partial charge in [0.1, 0.15) is 5.82 Å². The van der Waals surface area contributed by atoms with Crippen molar-refractivity contribution in [1.82, 2.24) is 10.3 Å². The quantitative estimate of drug-likeness (QED) is 0.863. The Labute approximate surface area is 112 Å². The normalized spacial score (nSPS) is 9.95. The second kappa shape index (κ2) is 6.54. The zero-order chi connectivity index (χ0) is 13.5. The van der Waals surface area contributed by atoms with Gasteiger partial charge in [-0.1, -0.05) is 19.1 Å². The van der Waals surface area contributed by atoms with Crippen molar-refractivity contribution in [2.24, 2.45) is 0 Å². The predicted octanol–water partition coefficient (Wildman–Crippen LogP) is 2.97. The van der Waals surface area contributed by atoms with Gasteiger partial charge in [0, 0.05) is 24.0 Å². The monoisotopic (exact) mass is 255 g/mol. The maximum Gasteiger partial charge on any atom is 0.251 e. The molecule has 0 spiro atoms. The number of rotatable bonds is 5. The highest BCUT2D eigenvalue weighted by Gasteiger charge is 2.05. The number of carbonyl (C=O) groups is 1. The molecule has 1 amide bonds. The van der Waals surface area contributed by atoms with Crippen LogP contribution in [-0.4, -0.2) is 17.4 Å². The molecule has 0 aliphatic rings. The number of aromatic nitrogens is 1. The molecule has 0 saturated carbocycles. The highest BCUT2D eigenvalue weighted by molar-refractivity contribution is 5.95. The largest absolute Gasteiger partial charge is 0.352 e. The Morgan fingerprint density at radius 1 is 1.21 bits per heavy atom. The fourth-order valence-electron chi connectivity index (χ4n) is 1.66. The van der Waals surface area contributed by atoms with Gasteiger partial charge >= 0.3 is 0 Å². The molecule has 0 radical (unpaired) electrons. The summed E-state index contributed by atoms with van der Waals surface area (Å²) < 4.78 is 0. The van der Waals surface area contributed by atoms with Crippen LogP contribution < -0.4 is 10.6 Å². The van der Waals surface area contributed by atoms with E-state index in [-0.39, 0.29) is 5.91 Å². The van der Waals surface area contributed by atoms with Crippen molar-refractivity contribution in [3.63, 3.8) is 0 Å². The summed E-state index contributed by atoms with van der Waals surface area (Å²) in [6.07, 6.45) is 2.65. The standard InChI is InChI=1S/C15H17N3O/c1-2-9-17-15(19)12-6-5-7-13(11-12)18-14-8-3-4-10-16-14/h3-8,10-11H,2,9H2,1H3,(H,16,18)(H,17,19). The van der Waals surface area contributed by atoms with Gasteiger partial charge in [-0.15, -0.1) is 0 Å². The lowest BCUT2D eigenvalue weighted by atomic mass is 10.2. The van der Waals surface area contributed by atoms with Crippen molar-refractivity contribution < 1.29 is 4.79 Å². The number of carbonyl (C=O) groups excluding carboxylic acids is 1. The molecule has 1 heterocycles. The second-order valence-electron chi connectivity index (χ2n) is 4.18. The van der Waals surface area contributed by atoms with Crippen LogP contribution in [0.3, 0.4) is 0 Å². The van der Waals surface area contributed by atoms with Crippen LogP contribution in [0.15, 0.2) is 48.7 Å². The smallest absolute Gasteiger partial charge is 0.251 e. The van der Waals surface area contributed by atoms with Crippen molar-refractivity contribution in [2.75, 3.05) is 11.9 Å². The Morgan fingerprint density at radius 2 is 2.11 bits per heavy atom. The Morgan fingerprint density at radius 3 is 2.84 bits per heavy atom. The van der Waals surface area contributed by atoms with E-state index in [1.807, 2.05) is 43.3 Å². The van der Waals surface area contributed by atoms with Gasteiger partial charge in [-0.2, -0.15) is 0 Å². The van der Waals surface area contributed by atoms with Crippen LogP contribution in [0.2, 0.25) is 0 Å². The topological polar surface area (TPSA) is 54.0 Å². The molecule has 4 heteroatoms. The third kappa shape index (κ3) is 3.81. The predicted molar refractivity (Wildman–Crippen MR) is 76.6 cm³/mol. The maximum atomic E-state index is 11.9. The summed E-state index contributed by atoms with van der Waals surface area (Å²) in [5, 5.41) is 6.02. The first-order valence-corrected chi connectivity index (χ1v) is 6.36. The molecule has 0 unspecified atom stereocenters. The number of pyridine rings is 1. The highest BCUT2D eigenvalue weighted by Crippen LogP contribution is 2.15. The molecule has 19 heavy (non-hydrogen) atoms. The number of nitrogens with one attached hydrogen (secondary N) is 2. The molecule has 0 aliphatic heterocycles. The summed E-state index contributed by atoms with van der Waals surface area (Å²) in [4.78, 5) is 16.0. The number of amides is 1. The Hall–Kier alpha value is -2.36. The van der Waals surface area contributed by atoms with E-state index in [4.69, 9.17) is 0 Å². The molecule has 2 aromatic rings. The third-order valence-corrected chi connectivity index (χ3v) is 2.60. The van der Waals surface area contributed by atoms with E-state index in [9.17, 15) is 4.79 Å². The number of hydrogen-bond acceptors (Lipinski definition) is 3. The number of benzene rings is 1. The molecule has 2 N–H and O–H groups in total. The van der Waals surface area contributed by atoms with Crippen LogP contribution in [0, 0.1) is 0 Å². The highest BCUT2D eigenvalue weighted by atomic mass is 16.1. The first kappa shape index (κ1) is 13.1. The molecule has 0 bridgehead atoms. The lowest BCUT2D eigenvalue weighted by Gasteiger charge is -2.08. The SMILES string of the molecule is CCCNC(=O)c1cccc(Nc2ccccn2)c1. The number of nitrogens with zero attached hydrogens (tertiary/aromatic N) is 1. The zero-order valence-corrected chi connectivity index (χ0v) is 10.9. The first-order valence-electron chi connectivity index (χ1n) is 6.36. The molecule has 98 valence electrons. The van der Waals surface area contributed by atoms with Crippen molar-refractivity contribution in [1.29, 1.82) is 0 Å². The van der Waals surface area contributed by atoms with Crippen molar-refractivity contribution in [2.45, 2.75) is 13.3 Å². The van der Waals surface area contributed by atoms with E-state index in [2.05, 4.69) is 15.6 Å². The summed E-state index contributed by atoms with van der Waals surface area (Å²) in [7, 11) is 0. The molecule has 4 nitrogen and oxygen atoms in total. The van der Waals surface area contributed by atoms with Crippen LogP contribution in [-0.2, 0) is 0 Å². The van der Waals surface area contributed by atoms with E-state index in [0.29, 0.717) is 12.1 Å².